The summed E-state index contributed by atoms with van der Waals surface area (Å²) in [5.74, 6) is -0.327. The van der Waals surface area contributed by atoms with Gasteiger partial charge in [-0.3, -0.25) is 0 Å². The Morgan fingerprint density at radius 2 is 1.81 bits per heavy atom. The number of hydrogen-bond acceptors (Lipinski definition) is 4. The zero-order valence-corrected chi connectivity index (χ0v) is 14.5. The van der Waals surface area contributed by atoms with Crippen LogP contribution in [0, 0.1) is 11.6 Å². The van der Waals surface area contributed by atoms with Crippen molar-refractivity contribution in [1.29, 1.82) is 0 Å². The first-order chi connectivity index (χ1) is 12.5. The van der Waals surface area contributed by atoms with Gasteiger partial charge in [0.2, 0.25) is 0 Å². The van der Waals surface area contributed by atoms with E-state index in [1.807, 2.05) is 24.3 Å². The smallest absolute Gasteiger partial charge is 0.167 e. The molecule has 0 aromatic heterocycles. The zero-order valence-electron chi connectivity index (χ0n) is 14.5. The highest BCUT2D eigenvalue weighted by molar-refractivity contribution is 5.31. The van der Waals surface area contributed by atoms with Crippen LogP contribution in [0.4, 0.5) is 8.78 Å². The number of ether oxygens (including phenoxy) is 2. The first-order valence-electron chi connectivity index (χ1n) is 8.69. The maximum atomic E-state index is 13.4. The highest BCUT2D eigenvalue weighted by Gasteiger charge is 2.35. The minimum absolute atomic E-state index is 0.000678. The predicted octanol–water partition coefficient (Wildman–Crippen LogP) is 3.38. The third kappa shape index (κ3) is 4.51. The largest absolute Gasteiger partial charge is 0.490 e. The molecule has 1 fully saturated rings. The Hall–Kier alpha value is -2.18. The molecule has 0 spiro atoms. The van der Waals surface area contributed by atoms with Crippen LogP contribution in [-0.2, 0) is 0 Å². The fourth-order valence-electron chi connectivity index (χ4n) is 3.32. The molecular weight excluding hydrogens is 340 g/mol. The fourth-order valence-corrected chi connectivity index (χ4v) is 3.32. The maximum Gasteiger partial charge on any atom is 0.167 e. The number of aliphatic hydroxyl groups is 1. The van der Waals surface area contributed by atoms with Gasteiger partial charge < -0.3 is 20.3 Å². The van der Waals surface area contributed by atoms with E-state index in [0.29, 0.717) is 11.7 Å². The molecule has 26 heavy (non-hydrogen) atoms. The second-order valence-corrected chi connectivity index (χ2v) is 6.80. The predicted molar refractivity (Wildman–Crippen MR) is 94.4 cm³/mol. The number of rotatable bonds is 7. The van der Waals surface area contributed by atoms with Gasteiger partial charge in [0.05, 0.1) is 6.61 Å². The molecule has 3 rings (SSSR count). The van der Waals surface area contributed by atoms with Gasteiger partial charge in [0.15, 0.2) is 11.6 Å². The van der Waals surface area contributed by atoms with Gasteiger partial charge in [0, 0.05) is 11.6 Å². The molecule has 2 aromatic carbocycles. The molecule has 0 radical (unpaired) electrons. The van der Waals surface area contributed by atoms with Crippen LogP contribution in [0.15, 0.2) is 42.5 Å². The van der Waals surface area contributed by atoms with Crippen molar-refractivity contribution in [3.8, 4) is 11.5 Å². The molecule has 140 valence electrons. The lowest BCUT2D eigenvalue weighted by atomic mass is 9.94. The summed E-state index contributed by atoms with van der Waals surface area (Å²) in [6.07, 6.45) is 2.57. The summed E-state index contributed by atoms with van der Waals surface area (Å²) in [6.45, 7) is 0.411. The van der Waals surface area contributed by atoms with Crippen LogP contribution in [0.2, 0.25) is 0 Å². The average molecular weight is 363 g/mol. The monoisotopic (exact) mass is 363 g/mol. The van der Waals surface area contributed by atoms with E-state index in [1.54, 1.807) is 0 Å². The maximum absolute atomic E-state index is 13.4. The van der Waals surface area contributed by atoms with Crippen molar-refractivity contribution in [2.75, 3.05) is 19.8 Å². The van der Waals surface area contributed by atoms with E-state index >= 15 is 0 Å². The molecule has 4 nitrogen and oxygen atoms in total. The Morgan fingerprint density at radius 3 is 2.46 bits per heavy atom. The van der Waals surface area contributed by atoms with Gasteiger partial charge in [-0.2, -0.15) is 0 Å². The topological polar surface area (TPSA) is 64.7 Å². The Bertz CT molecular complexity index is 738. The van der Waals surface area contributed by atoms with E-state index in [9.17, 15) is 13.9 Å². The van der Waals surface area contributed by atoms with Crippen molar-refractivity contribution in [3.63, 3.8) is 0 Å². The molecule has 1 aliphatic rings. The van der Waals surface area contributed by atoms with E-state index in [2.05, 4.69) is 0 Å². The van der Waals surface area contributed by atoms with Gasteiger partial charge in [-0.05, 0) is 55.0 Å². The number of nitrogens with two attached hydrogens (primary N) is 1. The van der Waals surface area contributed by atoms with Crippen LogP contribution in [0.5, 0.6) is 11.5 Å². The molecule has 0 saturated heterocycles. The Balaban J connectivity index is 1.46. The molecule has 0 bridgehead atoms. The van der Waals surface area contributed by atoms with E-state index in [4.69, 9.17) is 15.2 Å². The fraction of sp³-hybridized carbons (Fsp3) is 0.400. The van der Waals surface area contributed by atoms with Crippen molar-refractivity contribution in [3.05, 3.63) is 59.7 Å². The van der Waals surface area contributed by atoms with Crippen LogP contribution in [-0.4, -0.2) is 30.5 Å². The molecule has 3 N–H and O–H groups in total. The number of benzene rings is 2. The summed E-state index contributed by atoms with van der Waals surface area (Å²) in [5.41, 5.74) is 6.85. The van der Waals surface area contributed by atoms with Crippen LogP contribution in [0.3, 0.4) is 0 Å². The Kier molecular flexibility index (Phi) is 5.74. The summed E-state index contributed by atoms with van der Waals surface area (Å²) in [6, 6.07) is 10.9. The molecule has 6 heteroatoms. The van der Waals surface area contributed by atoms with Crippen LogP contribution in [0.1, 0.15) is 30.7 Å². The Labute approximate surface area is 151 Å². The third-order valence-electron chi connectivity index (χ3n) is 4.81. The summed E-state index contributed by atoms with van der Waals surface area (Å²) in [5, 5.41) is 9.37. The van der Waals surface area contributed by atoms with Crippen LogP contribution >= 0.6 is 0 Å². The van der Waals surface area contributed by atoms with Gasteiger partial charge in [-0.1, -0.05) is 12.1 Å². The zero-order chi connectivity index (χ0) is 18.6. The van der Waals surface area contributed by atoms with Gasteiger partial charge in [-0.25, -0.2) is 8.78 Å². The second-order valence-electron chi connectivity index (χ2n) is 6.80. The van der Waals surface area contributed by atoms with Crippen molar-refractivity contribution in [1.82, 2.24) is 0 Å². The highest BCUT2D eigenvalue weighted by atomic mass is 19.1. The number of aliphatic hydroxyl groups excluding tert-OH is 1. The molecular formula is C20H23F2NO3. The van der Waals surface area contributed by atoms with Gasteiger partial charge >= 0.3 is 0 Å². The normalized spacial score (nSPS) is 22.4. The summed E-state index contributed by atoms with van der Waals surface area (Å²) in [4.78, 5) is 0. The van der Waals surface area contributed by atoms with Crippen LogP contribution < -0.4 is 15.2 Å². The Morgan fingerprint density at radius 1 is 1.08 bits per heavy atom. The van der Waals surface area contributed by atoms with Gasteiger partial charge in [0.1, 0.15) is 24.8 Å². The minimum Gasteiger partial charge on any atom is -0.490 e. The van der Waals surface area contributed by atoms with E-state index < -0.39 is 17.2 Å². The molecule has 2 atom stereocenters. The summed E-state index contributed by atoms with van der Waals surface area (Å²) in [7, 11) is 0. The second kappa shape index (κ2) is 8.01. The first kappa shape index (κ1) is 18.6. The molecule has 0 aliphatic heterocycles. The molecule has 2 aromatic rings. The molecule has 1 unspecified atom stereocenters. The average Bonchev–Trinajstić information content (AvgIpc) is 3.04. The van der Waals surface area contributed by atoms with E-state index in [-0.39, 0.29) is 25.6 Å². The lowest BCUT2D eigenvalue weighted by Gasteiger charge is -2.21. The quantitative estimate of drug-likeness (QED) is 0.740. The van der Waals surface area contributed by atoms with Gasteiger partial charge in [0.25, 0.3) is 0 Å². The highest BCUT2D eigenvalue weighted by Crippen LogP contribution is 2.39. The van der Waals surface area contributed by atoms with Crippen molar-refractivity contribution in [2.45, 2.75) is 30.7 Å². The lowest BCUT2D eigenvalue weighted by molar-refractivity contribution is 0.198. The minimum atomic E-state index is -0.732. The number of hydrogen-bond donors (Lipinski definition) is 2. The number of halogens is 2. The summed E-state index contributed by atoms with van der Waals surface area (Å²) >= 11 is 0. The van der Waals surface area contributed by atoms with Crippen molar-refractivity contribution >= 4 is 0 Å². The van der Waals surface area contributed by atoms with Crippen LogP contribution in [0.25, 0.3) is 0 Å². The summed E-state index contributed by atoms with van der Waals surface area (Å²) < 4.78 is 37.1. The molecule has 0 heterocycles. The van der Waals surface area contributed by atoms with E-state index in [1.165, 1.54) is 11.6 Å². The van der Waals surface area contributed by atoms with Gasteiger partial charge in [-0.15, -0.1) is 0 Å². The van der Waals surface area contributed by atoms with Crippen molar-refractivity contribution in [2.24, 2.45) is 5.73 Å². The SMILES string of the molecule is N[C@]1(CO)CCC(c2ccc(OCCOc3ccc(F)cc3F)cc2)C1. The molecule has 1 aliphatic carbocycles. The third-order valence-corrected chi connectivity index (χ3v) is 4.81. The molecule has 0 amide bonds. The molecule has 1 saturated carbocycles. The van der Waals surface area contributed by atoms with E-state index in [0.717, 1.165) is 31.4 Å². The first-order valence-corrected chi connectivity index (χ1v) is 8.69. The standard InChI is InChI=1S/C20H23F2NO3/c21-16-3-6-19(18(22)11-16)26-10-9-25-17-4-1-14(2-5-17)15-7-8-20(23,12-15)13-24/h1-6,11,15,24H,7-10,12-13,23H2/t15?,20-/m1/s1. The lowest BCUT2D eigenvalue weighted by Crippen LogP contribution is -2.40. The van der Waals surface area contributed by atoms with Crippen molar-refractivity contribution < 1.29 is 23.4 Å².